The lowest BCUT2D eigenvalue weighted by atomic mass is 10.1. The molecule has 1 unspecified atom stereocenters. The lowest BCUT2D eigenvalue weighted by Gasteiger charge is -2.43. The van der Waals surface area contributed by atoms with E-state index >= 15 is 0 Å². The maximum atomic E-state index is 6.83. The van der Waals surface area contributed by atoms with E-state index in [2.05, 4.69) is 140 Å². The normalized spacial score (nSPS) is 16.3. The Bertz CT molecular complexity index is 2170. The van der Waals surface area contributed by atoms with E-state index in [0.29, 0.717) is 0 Å². The van der Waals surface area contributed by atoms with E-state index in [0.717, 1.165) is 28.7 Å². The van der Waals surface area contributed by atoms with E-state index in [4.69, 9.17) is 9.47 Å². The Hall–Kier alpha value is -5.06. The van der Waals surface area contributed by atoms with Crippen molar-refractivity contribution >= 4 is 50.6 Å². The minimum Gasteiger partial charge on any atom is -0.457 e. The van der Waals surface area contributed by atoms with Gasteiger partial charge in [0.25, 0.3) is 0 Å². The molecule has 4 heteroatoms. The van der Waals surface area contributed by atoms with Crippen LogP contribution in [0, 0.1) is 13.8 Å². The molecule has 6 aromatic carbocycles. The van der Waals surface area contributed by atoms with Crippen molar-refractivity contribution in [2.45, 2.75) is 13.8 Å². The highest BCUT2D eigenvalue weighted by atomic mass is 28.3. The molecule has 0 N–H and O–H groups in total. The average molecular weight is 558 g/mol. The molecule has 1 aromatic heterocycles. The van der Waals surface area contributed by atoms with Crippen molar-refractivity contribution in [3.63, 3.8) is 0 Å². The van der Waals surface area contributed by atoms with Crippen molar-refractivity contribution in [1.29, 1.82) is 0 Å². The first kappa shape index (κ1) is 23.6. The second kappa shape index (κ2) is 8.48. The van der Waals surface area contributed by atoms with Crippen LogP contribution in [0.1, 0.15) is 11.1 Å². The number of aromatic nitrogens is 1. The molecule has 9 rings (SSSR count). The zero-order valence-corrected chi connectivity index (χ0v) is 24.4. The van der Waals surface area contributed by atoms with E-state index in [9.17, 15) is 0 Å². The number of aryl methyl sites for hydroxylation is 2. The summed E-state index contributed by atoms with van der Waals surface area (Å²) in [5, 5.41) is 7.58. The summed E-state index contributed by atoms with van der Waals surface area (Å²) in [5.74, 6) is 3.63. The first-order valence-electron chi connectivity index (χ1n) is 14.4. The molecule has 3 heterocycles. The van der Waals surface area contributed by atoms with Crippen LogP contribution < -0.4 is 30.2 Å². The van der Waals surface area contributed by atoms with Crippen molar-refractivity contribution in [2.75, 3.05) is 0 Å². The number of fused-ring (bicyclic) bond motifs is 7. The molecule has 3 nitrogen and oxygen atoms in total. The molecule has 0 aliphatic carbocycles. The predicted octanol–water partition coefficient (Wildman–Crippen LogP) is 6.99. The van der Waals surface area contributed by atoms with Gasteiger partial charge in [-0.15, -0.1) is 0 Å². The van der Waals surface area contributed by atoms with Gasteiger partial charge >= 0.3 is 0 Å². The smallest absolute Gasteiger partial charge is 0.197 e. The third kappa shape index (κ3) is 3.05. The van der Waals surface area contributed by atoms with Gasteiger partial charge in [0.2, 0.25) is 0 Å². The molecule has 0 spiro atoms. The number of para-hydroxylation sites is 1. The van der Waals surface area contributed by atoms with Gasteiger partial charge in [-0.2, -0.15) is 0 Å². The highest BCUT2D eigenvalue weighted by Crippen LogP contribution is 2.40. The van der Waals surface area contributed by atoms with Crippen LogP contribution in [-0.2, 0) is 0 Å². The molecule has 0 fully saturated rings. The van der Waals surface area contributed by atoms with E-state index in [-0.39, 0.29) is 0 Å². The second-order valence-corrected chi connectivity index (χ2v) is 15.2. The van der Waals surface area contributed by atoms with Crippen LogP contribution in [0.3, 0.4) is 0 Å². The Morgan fingerprint density at radius 3 is 1.81 bits per heavy atom. The summed E-state index contributed by atoms with van der Waals surface area (Å²) in [6, 6.07) is 46.1. The van der Waals surface area contributed by atoms with Crippen LogP contribution in [-0.4, -0.2) is 12.6 Å². The molecule has 0 amide bonds. The van der Waals surface area contributed by atoms with Crippen molar-refractivity contribution in [1.82, 2.24) is 4.57 Å². The quantitative estimate of drug-likeness (QED) is 0.214. The number of nitrogens with zero attached hydrogens (tertiary/aromatic N) is 1. The summed E-state index contributed by atoms with van der Waals surface area (Å²) in [4.78, 5) is 0. The maximum absolute atomic E-state index is 6.83. The van der Waals surface area contributed by atoms with Crippen LogP contribution in [0.15, 0.2) is 127 Å². The topological polar surface area (TPSA) is 23.4 Å². The second-order valence-electron chi connectivity index (χ2n) is 11.5. The van der Waals surface area contributed by atoms with Gasteiger partial charge in [-0.1, -0.05) is 83.9 Å². The Morgan fingerprint density at radius 1 is 0.500 bits per heavy atom. The third-order valence-electron chi connectivity index (χ3n) is 9.00. The fourth-order valence-corrected chi connectivity index (χ4v) is 12.4. The van der Waals surface area contributed by atoms with Gasteiger partial charge in [-0.05, 0) is 77.9 Å². The fourth-order valence-electron chi connectivity index (χ4n) is 7.28. The molecule has 1 atom stereocenters. The number of rotatable bonds is 2. The lowest BCUT2D eigenvalue weighted by Crippen LogP contribution is -2.77. The van der Waals surface area contributed by atoms with Crippen LogP contribution in [0.25, 0.3) is 27.5 Å². The zero-order valence-electron chi connectivity index (χ0n) is 23.4. The van der Waals surface area contributed by atoms with Gasteiger partial charge in [0.15, 0.2) is 8.07 Å². The molecular weight excluding hydrogens is 531 g/mol. The van der Waals surface area contributed by atoms with Gasteiger partial charge in [-0.25, -0.2) is 0 Å². The first-order chi connectivity index (χ1) is 20.6. The van der Waals surface area contributed by atoms with E-state index in [1.807, 2.05) is 6.07 Å². The predicted molar refractivity (Wildman–Crippen MR) is 174 cm³/mol. The molecule has 0 radical (unpaired) electrons. The number of hydrogen-bond donors (Lipinski definition) is 0. The van der Waals surface area contributed by atoms with E-state index < -0.39 is 8.07 Å². The summed E-state index contributed by atoms with van der Waals surface area (Å²) in [5.41, 5.74) is 6.02. The molecule has 0 saturated carbocycles. The number of ether oxygens (including phenoxy) is 2. The minimum atomic E-state index is -2.74. The standard InChI is InChI=1S/C38H27NO2Si/c1-24-15-18-30-28(21-24)29-22-25(2)16-19-31(29)39(30)26-17-20-37-35(23-26)41-34-13-8-12-33-38(34)42(37,27-9-4-3-5-10-27)36-14-7-6-11-32(36)40-33/h3-23H,1-2H3. The zero-order chi connectivity index (χ0) is 28.0. The Morgan fingerprint density at radius 2 is 1.10 bits per heavy atom. The van der Waals surface area contributed by atoms with Gasteiger partial charge < -0.3 is 14.0 Å². The summed E-state index contributed by atoms with van der Waals surface area (Å²) in [6.07, 6.45) is 0. The monoisotopic (exact) mass is 557 g/mol. The third-order valence-corrected chi connectivity index (χ3v) is 13.9. The number of benzene rings is 6. The van der Waals surface area contributed by atoms with E-state index in [1.54, 1.807) is 0 Å². The SMILES string of the molecule is Cc1ccc2c(c1)c1cc(C)ccc1n2-c1ccc2c(c1)Oc1cccc3c1[Si]2(c1ccccc1)c1ccccc1O3. The molecule has 7 aromatic rings. The van der Waals surface area contributed by atoms with Gasteiger partial charge in [0, 0.05) is 27.7 Å². The van der Waals surface area contributed by atoms with E-state index in [1.165, 1.54) is 53.7 Å². The van der Waals surface area contributed by atoms with Crippen LogP contribution in [0.5, 0.6) is 23.0 Å². The summed E-state index contributed by atoms with van der Waals surface area (Å²) >= 11 is 0. The Labute approximate surface area is 245 Å². The largest absolute Gasteiger partial charge is 0.457 e. The molecule has 200 valence electrons. The molecule has 0 bridgehead atoms. The highest BCUT2D eigenvalue weighted by molar-refractivity contribution is 7.21. The molecule has 2 aliphatic heterocycles. The number of hydrogen-bond acceptors (Lipinski definition) is 2. The molecule has 0 saturated heterocycles. The maximum Gasteiger partial charge on any atom is 0.197 e. The Balaban J connectivity index is 1.37. The van der Waals surface area contributed by atoms with Crippen LogP contribution in [0.2, 0.25) is 0 Å². The van der Waals surface area contributed by atoms with Crippen molar-refractivity contribution < 1.29 is 9.47 Å². The summed E-state index contributed by atoms with van der Waals surface area (Å²) in [7, 11) is -2.74. The molecule has 2 aliphatic rings. The van der Waals surface area contributed by atoms with Crippen LogP contribution >= 0.6 is 0 Å². The summed E-state index contributed by atoms with van der Waals surface area (Å²) < 4.78 is 15.7. The van der Waals surface area contributed by atoms with Crippen molar-refractivity contribution in [3.05, 3.63) is 139 Å². The first-order valence-corrected chi connectivity index (χ1v) is 16.4. The van der Waals surface area contributed by atoms with Crippen LogP contribution in [0.4, 0.5) is 0 Å². The van der Waals surface area contributed by atoms with Gasteiger partial charge in [0.05, 0.1) is 11.0 Å². The average Bonchev–Trinajstić information content (AvgIpc) is 3.33. The Kier molecular flexibility index (Phi) is 4.77. The van der Waals surface area contributed by atoms with Crippen molar-refractivity contribution in [3.8, 4) is 28.7 Å². The lowest BCUT2D eigenvalue weighted by molar-refractivity contribution is 0.463. The summed E-state index contributed by atoms with van der Waals surface area (Å²) in [6.45, 7) is 4.33. The molecular formula is C38H27NO2Si. The minimum absolute atomic E-state index is 0.885. The highest BCUT2D eigenvalue weighted by Gasteiger charge is 2.53. The van der Waals surface area contributed by atoms with Gasteiger partial charge in [-0.3, -0.25) is 0 Å². The molecule has 42 heavy (non-hydrogen) atoms. The van der Waals surface area contributed by atoms with Gasteiger partial charge in [0.1, 0.15) is 23.0 Å². The fraction of sp³-hybridized carbons (Fsp3) is 0.0526. The van der Waals surface area contributed by atoms with Crippen molar-refractivity contribution in [2.24, 2.45) is 0 Å².